The minimum absolute atomic E-state index is 0.262. The Labute approximate surface area is 117 Å². The third-order valence-corrected chi connectivity index (χ3v) is 3.49. The lowest BCUT2D eigenvalue weighted by atomic mass is 9.96. The van der Waals surface area contributed by atoms with E-state index in [9.17, 15) is 0 Å². The van der Waals surface area contributed by atoms with Gasteiger partial charge in [0.25, 0.3) is 0 Å². The third-order valence-electron chi connectivity index (χ3n) is 2.91. The van der Waals surface area contributed by atoms with Gasteiger partial charge in [-0.15, -0.1) is 5.10 Å². The summed E-state index contributed by atoms with van der Waals surface area (Å²) in [6.45, 7) is 4.98. The van der Waals surface area contributed by atoms with E-state index in [-0.39, 0.29) is 5.92 Å². The maximum absolute atomic E-state index is 6.19. The molecule has 2 aromatic rings. The molecule has 1 atom stereocenters. The van der Waals surface area contributed by atoms with Gasteiger partial charge in [-0.25, -0.2) is 0 Å². The zero-order valence-electron chi connectivity index (χ0n) is 10.4. The van der Waals surface area contributed by atoms with Crippen LogP contribution in [0, 0.1) is 0 Å². The zero-order valence-corrected chi connectivity index (χ0v) is 11.9. The lowest BCUT2D eigenvalue weighted by molar-refractivity contribution is 0.626. The van der Waals surface area contributed by atoms with Gasteiger partial charge in [-0.05, 0) is 43.0 Å². The average molecular weight is 284 g/mol. The smallest absolute Gasteiger partial charge is 0.0833 e. The molecule has 0 spiro atoms. The van der Waals surface area contributed by atoms with Crippen LogP contribution in [-0.4, -0.2) is 15.0 Å². The second-order valence-corrected chi connectivity index (χ2v) is 5.18. The van der Waals surface area contributed by atoms with E-state index in [1.54, 1.807) is 6.07 Å². The average Bonchev–Trinajstić information content (AvgIpc) is 2.80. The summed E-state index contributed by atoms with van der Waals surface area (Å²) in [6, 6.07) is 5.55. The Kier molecular flexibility index (Phi) is 4.25. The van der Waals surface area contributed by atoms with Crippen LogP contribution in [0.1, 0.15) is 31.0 Å². The highest BCUT2D eigenvalue weighted by Crippen LogP contribution is 2.29. The summed E-state index contributed by atoms with van der Waals surface area (Å²) in [4.78, 5) is 0. The molecule has 0 aliphatic rings. The van der Waals surface area contributed by atoms with Gasteiger partial charge in [0.1, 0.15) is 0 Å². The Bertz CT molecular complexity index is 537. The largest absolute Gasteiger partial charge is 0.253 e. The van der Waals surface area contributed by atoms with E-state index in [1.165, 1.54) is 0 Å². The number of aromatic nitrogens is 3. The Morgan fingerprint density at radius 3 is 2.78 bits per heavy atom. The van der Waals surface area contributed by atoms with Crippen LogP contribution < -0.4 is 0 Å². The molecule has 3 nitrogen and oxygen atoms in total. The zero-order chi connectivity index (χ0) is 13.1. The standard InChI is InChI=1S/C13H15Cl2N3/c1-3-18-8-11(16-17-18)6-9(2)12-7-10(14)4-5-13(12)15/h4-5,7-9H,3,6H2,1-2H3. The second kappa shape index (κ2) is 5.72. The van der Waals surface area contributed by atoms with Crippen molar-refractivity contribution in [3.05, 3.63) is 45.7 Å². The first-order chi connectivity index (χ1) is 8.60. The van der Waals surface area contributed by atoms with Gasteiger partial charge in [0.05, 0.1) is 5.69 Å². The molecule has 2 rings (SSSR count). The summed E-state index contributed by atoms with van der Waals surface area (Å²) in [5.74, 6) is 0.262. The highest BCUT2D eigenvalue weighted by molar-refractivity contribution is 6.33. The fourth-order valence-corrected chi connectivity index (χ4v) is 2.39. The molecule has 0 aliphatic heterocycles. The lowest BCUT2D eigenvalue weighted by Gasteiger charge is -2.12. The molecule has 0 fully saturated rings. The van der Waals surface area contributed by atoms with Crippen LogP contribution in [-0.2, 0) is 13.0 Å². The first-order valence-electron chi connectivity index (χ1n) is 5.94. The van der Waals surface area contributed by atoms with Crippen LogP contribution in [0.5, 0.6) is 0 Å². The van der Waals surface area contributed by atoms with Gasteiger partial charge in [0.2, 0.25) is 0 Å². The van der Waals surface area contributed by atoms with E-state index < -0.39 is 0 Å². The van der Waals surface area contributed by atoms with Crippen LogP contribution in [0.3, 0.4) is 0 Å². The Morgan fingerprint density at radius 2 is 2.11 bits per heavy atom. The van der Waals surface area contributed by atoms with Crippen LogP contribution >= 0.6 is 23.2 Å². The van der Waals surface area contributed by atoms with E-state index in [2.05, 4.69) is 17.2 Å². The molecule has 1 aromatic heterocycles. The molecule has 1 unspecified atom stereocenters. The van der Waals surface area contributed by atoms with Crippen molar-refractivity contribution in [1.82, 2.24) is 15.0 Å². The first kappa shape index (κ1) is 13.4. The van der Waals surface area contributed by atoms with Crippen molar-refractivity contribution in [1.29, 1.82) is 0 Å². The maximum Gasteiger partial charge on any atom is 0.0833 e. The number of rotatable bonds is 4. The summed E-state index contributed by atoms with van der Waals surface area (Å²) in [6.07, 6.45) is 2.77. The number of hydrogen-bond acceptors (Lipinski definition) is 2. The molecule has 18 heavy (non-hydrogen) atoms. The maximum atomic E-state index is 6.19. The summed E-state index contributed by atoms with van der Waals surface area (Å²) in [7, 11) is 0. The van der Waals surface area contributed by atoms with Gasteiger partial charge in [-0.1, -0.05) is 35.3 Å². The van der Waals surface area contributed by atoms with E-state index >= 15 is 0 Å². The van der Waals surface area contributed by atoms with Crippen LogP contribution in [0.25, 0.3) is 0 Å². The molecule has 5 heteroatoms. The Morgan fingerprint density at radius 1 is 1.33 bits per heavy atom. The summed E-state index contributed by atoms with van der Waals surface area (Å²) in [5, 5.41) is 9.62. The van der Waals surface area contributed by atoms with Crippen LogP contribution in [0.2, 0.25) is 10.0 Å². The second-order valence-electron chi connectivity index (χ2n) is 4.34. The van der Waals surface area contributed by atoms with E-state index in [0.717, 1.165) is 29.2 Å². The summed E-state index contributed by atoms with van der Waals surface area (Å²) in [5.41, 5.74) is 2.02. The monoisotopic (exact) mass is 283 g/mol. The van der Waals surface area contributed by atoms with Crippen molar-refractivity contribution >= 4 is 23.2 Å². The topological polar surface area (TPSA) is 30.7 Å². The van der Waals surface area contributed by atoms with Gasteiger partial charge in [-0.2, -0.15) is 0 Å². The van der Waals surface area contributed by atoms with E-state index in [0.29, 0.717) is 5.02 Å². The molecule has 0 N–H and O–H groups in total. The molecular weight excluding hydrogens is 269 g/mol. The van der Waals surface area contributed by atoms with Gasteiger partial charge in [0, 0.05) is 22.8 Å². The van der Waals surface area contributed by atoms with Crippen molar-refractivity contribution in [2.45, 2.75) is 32.7 Å². The summed E-state index contributed by atoms with van der Waals surface area (Å²) < 4.78 is 1.82. The highest BCUT2D eigenvalue weighted by Gasteiger charge is 2.13. The minimum Gasteiger partial charge on any atom is -0.253 e. The van der Waals surface area contributed by atoms with Gasteiger partial charge in [0.15, 0.2) is 0 Å². The molecule has 0 saturated carbocycles. The van der Waals surface area contributed by atoms with Gasteiger partial charge in [-0.3, -0.25) is 4.68 Å². The third kappa shape index (κ3) is 3.03. The summed E-state index contributed by atoms with van der Waals surface area (Å²) >= 11 is 12.2. The molecule has 0 bridgehead atoms. The predicted molar refractivity (Wildman–Crippen MR) is 74.3 cm³/mol. The van der Waals surface area contributed by atoms with Crippen molar-refractivity contribution in [2.24, 2.45) is 0 Å². The van der Waals surface area contributed by atoms with Crippen molar-refractivity contribution in [3.8, 4) is 0 Å². The molecule has 1 aromatic carbocycles. The quantitative estimate of drug-likeness (QED) is 0.851. The Balaban J connectivity index is 2.16. The van der Waals surface area contributed by atoms with Crippen molar-refractivity contribution < 1.29 is 0 Å². The van der Waals surface area contributed by atoms with E-state index in [4.69, 9.17) is 23.2 Å². The number of aryl methyl sites for hydroxylation is 1. The molecule has 0 aliphatic carbocycles. The first-order valence-corrected chi connectivity index (χ1v) is 6.69. The molecule has 1 heterocycles. The van der Waals surface area contributed by atoms with Crippen LogP contribution in [0.15, 0.2) is 24.4 Å². The molecular formula is C13H15Cl2N3. The van der Waals surface area contributed by atoms with Crippen molar-refractivity contribution in [3.63, 3.8) is 0 Å². The fourth-order valence-electron chi connectivity index (χ4n) is 1.90. The normalized spacial score (nSPS) is 12.7. The predicted octanol–water partition coefficient (Wildman–Crippen LogP) is 3.95. The highest BCUT2D eigenvalue weighted by atomic mass is 35.5. The molecule has 0 radical (unpaired) electrons. The van der Waals surface area contributed by atoms with Crippen LogP contribution in [0.4, 0.5) is 0 Å². The number of benzene rings is 1. The van der Waals surface area contributed by atoms with E-state index in [1.807, 2.05) is 29.9 Å². The lowest BCUT2D eigenvalue weighted by Crippen LogP contribution is -2.00. The molecule has 0 amide bonds. The fraction of sp³-hybridized carbons (Fsp3) is 0.385. The number of nitrogens with zero attached hydrogens (tertiary/aromatic N) is 3. The molecule has 96 valence electrons. The van der Waals surface area contributed by atoms with Gasteiger partial charge >= 0.3 is 0 Å². The minimum atomic E-state index is 0.262. The SMILES string of the molecule is CCn1cc(CC(C)c2cc(Cl)ccc2Cl)nn1. The number of halogens is 2. The Hall–Kier alpha value is -1.06. The number of hydrogen-bond donors (Lipinski definition) is 0. The van der Waals surface area contributed by atoms with Crippen molar-refractivity contribution in [2.75, 3.05) is 0 Å². The van der Waals surface area contributed by atoms with Gasteiger partial charge < -0.3 is 0 Å². The molecule has 0 saturated heterocycles.